The molecular formula is C22H29N3. The van der Waals surface area contributed by atoms with E-state index in [1.165, 1.54) is 41.9 Å². The summed E-state index contributed by atoms with van der Waals surface area (Å²) in [6.45, 7) is 10.2. The minimum absolute atomic E-state index is 0.473. The average molecular weight is 335 g/mol. The standard InChI is InChI=1S/C22H29N3/c1-18-7-5-10-21(17-18)24-15-13-23(14-16-24)19(2)25-12-6-9-20-8-3-4-11-22(20)25/h3-5,7-8,10-11,17,19H,6,9,12-16H2,1-2H3. The van der Waals surface area contributed by atoms with Crippen LogP contribution in [0.4, 0.5) is 11.4 Å². The number of fused-ring (bicyclic) bond motifs is 1. The Hall–Kier alpha value is -2.00. The highest BCUT2D eigenvalue weighted by Gasteiger charge is 2.28. The van der Waals surface area contributed by atoms with Gasteiger partial charge in [-0.3, -0.25) is 4.90 Å². The lowest BCUT2D eigenvalue weighted by molar-refractivity contribution is 0.189. The van der Waals surface area contributed by atoms with Crippen molar-refractivity contribution in [2.24, 2.45) is 0 Å². The van der Waals surface area contributed by atoms with Crippen molar-refractivity contribution in [3.8, 4) is 0 Å². The summed E-state index contributed by atoms with van der Waals surface area (Å²) >= 11 is 0. The lowest BCUT2D eigenvalue weighted by atomic mass is 10.0. The number of piperazine rings is 1. The highest BCUT2D eigenvalue weighted by atomic mass is 15.4. The third-order valence-electron chi connectivity index (χ3n) is 5.81. The summed E-state index contributed by atoms with van der Waals surface area (Å²) in [5.41, 5.74) is 5.68. The maximum absolute atomic E-state index is 2.65. The predicted molar refractivity (Wildman–Crippen MR) is 107 cm³/mol. The second-order valence-corrected chi connectivity index (χ2v) is 7.42. The first kappa shape index (κ1) is 16.5. The predicted octanol–water partition coefficient (Wildman–Crippen LogP) is 3.92. The highest BCUT2D eigenvalue weighted by molar-refractivity contribution is 5.56. The molecule has 2 aromatic rings. The number of para-hydroxylation sites is 1. The van der Waals surface area contributed by atoms with Crippen molar-refractivity contribution in [3.05, 3.63) is 59.7 Å². The summed E-state index contributed by atoms with van der Waals surface area (Å²) in [6.07, 6.45) is 2.96. The monoisotopic (exact) mass is 335 g/mol. The molecule has 0 aromatic heterocycles. The molecular weight excluding hydrogens is 306 g/mol. The van der Waals surface area contributed by atoms with Crippen LogP contribution in [0.3, 0.4) is 0 Å². The van der Waals surface area contributed by atoms with Crippen LogP contribution in [0.2, 0.25) is 0 Å². The highest BCUT2D eigenvalue weighted by Crippen LogP contribution is 2.30. The zero-order chi connectivity index (χ0) is 17.2. The van der Waals surface area contributed by atoms with E-state index in [0.717, 1.165) is 26.2 Å². The Kier molecular flexibility index (Phi) is 4.67. The van der Waals surface area contributed by atoms with E-state index in [4.69, 9.17) is 0 Å². The summed E-state index contributed by atoms with van der Waals surface area (Å²) in [7, 11) is 0. The van der Waals surface area contributed by atoms with Crippen molar-refractivity contribution < 1.29 is 0 Å². The first-order chi connectivity index (χ1) is 12.2. The molecule has 3 heteroatoms. The zero-order valence-electron chi connectivity index (χ0n) is 15.5. The molecule has 132 valence electrons. The van der Waals surface area contributed by atoms with E-state index in [1.807, 2.05) is 0 Å². The summed E-state index contributed by atoms with van der Waals surface area (Å²) in [5, 5.41) is 0. The Balaban J connectivity index is 1.43. The molecule has 3 nitrogen and oxygen atoms in total. The van der Waals surface area contributed by atoms with Crippen LogP contribution in [0.15, 0.2) is 48.5 Å². The summed E-state index contributed by atoms with van der Waals surface area (Å²) in [4.78, 5) is 7.79. The molecule has 2 aliphatic heterocycles. The van der Waals surface area contributed by atoms with Crippen molar-refractivity contribution in [3.63, 3.8) is 0 Å². The molecule has 0 amide bonds. The fourth-order valence-electron chi connectivity index (χ4n) is 4.33. The van der Waals surface area contributed by atoms with E-state index in [-0.39, 0.29) is 0 Å². The van der Waals surface area contributed by atoms with Gasteiger partial charge in [0.15, 0.2) is 0 Å². The normalized spacial score (nSPS) is 19.6. The topological polar surface area (TPSA) is 9.72 Å². The second-order valence-electron chi connectivity index (χ2n) is 7.42. The molecule has 0 radical (unpaired) electrons. The Morgan fingerprint density at radius 3 is 2.48 bits per heavy atom. The van der Waals surface area contributed by atoms with Gasteiger partial charge in [-0.2, -0.15) is 0 Å². The maximum atomic E-state index is 2.65. The molecule has 0 bridgehead atoms. The van der Waals surface area contributed by atoms with E-state index < -0.39 is 0 Å². The number of aryl methyl sites for hydroxylation is 2. The van der Waals surface area contributed by atoms with Gasteiger partial charge < -0.3 is 9.80 Å². The number of rotatable bonds is 3. The van der Waals surface area contributed by atoms with Crippen LogP contribution in [-0.4, -0.2) is 43.8 Å². The Bertz CT molecular complexity index is 719. The molecule has 1 atom stereocenters. The molecule has 2 aromatic carbocycles. The molecule has 1 unspecified atom stereocenters. The van der Waals surface area contributed by atoms with Crippen LogP contribution in [0.5, 0.6) is 0 Å². The smallest absolute Gasteiger partial charge is 0.0793 e. The summed E-state index contributed by atoms with van der Waals surface area (Å²) in [5.74, 6) is 0. The van der Waals surface area contributed by atoms with Crippen molar-refractivity contribution in [2.45, 2.75) is 32.9 Å². The van der Waals surface area contributed by atoms with Crippen LogP contribution < -0.4 is 9.80 Å². The van der Waals surface area contributed by atoms with Gasteiger partial charge in [-0.25, -0.2) is 0 Å². The van der Waals surface area contributed by atoms with E-state index >= 15 is 0 Å². The molecule has 0 spiro atoms. The van der Waals surface area contributed by atoms with E-state index in [0.29, 0.717) is 6.17 Å². The summed E-state index contributed by atoms with van der Waals surface area (Å²) in [6, 6.07) is 17.8. The van der Waals surface area contributed by atoms with Crippen molar-refractivity contribution in [1.82, 2.24) is 4.90 Å². The first-order valence-corrected chi connectivity index (χ1v) is 9.62. The van der Waals surface area contributed by atoms with Crippen molar-refractivity contribution in [1.29, 1.82) is 0 Å². The summed E-state index contributed by atoms with van der Waals surface area (Å²) < 4.78 is 0. The van der Waals surface area contributed by atoms with E-state index in [9.17, 15) is 0 Å². The number of hydrogen-bond donors (Lipinski definition) is 0. The van der Waals surface area contributed by atoms with Gasteiger partial charge in [-0.05, 0) is 56.0 Å². The van der Waals surface area contributed by atoms with Gasteiger partial charge in [0.25, 0.3) is 0 Å². The van der Waals surface area contributed by atoms with Crippen LogP contribution in [0, 0.1) is 6.92 Å². The molecule has 0 N–H and O–H groups in total. The molecule has 1 fully saturated rings. The van der Waals surface area contributed by atoms with Crippen LogP contribution >= 0.6 is 0 Å². The fraction of sp³-hybridized carbons (Fsp3) is 0.455. The second kappa shape index (κ2) is 7.09. The molecule has 2 aliphatic rings. The minimum atomic E-state index is 0.473. The molecule has 25 heavy (non-hydrogen) atoms. The Morgan fingerprint density at radius 2 is 1.68 bits per heavy atom. The SMILES string of the molecule is Cc1cccc(N2CCN(C(C)N3CCCc4ccccc43)CC2)c1. The quantitative estimate of drug-likeness (QED) is 0.842. The Labute approximate surface area is 151 Å². The van der Waals surface area contributed by atoms with Crippen LogP contribution in [0.25, 0.3) is 0 Å². The van der Waals surface area contributed by atoms with Crippen LogP contribution in [0.1, 0.15) is 24.5 Å². The molecule has 0 saturated carbocycles. The largest absolute Gasteiger partial charge is 0.369 e. The van der Waals surface area contributed by atoms with Crippen molar-refractivity contribution >= 4 is 11.4 Å². The van der Waals surface area contributed by atoms with E-state index in [2.05, 4.69) is 77.1 Å². The fourth-order valence-corrected chi connectivity index (χ4v) is 4.33. The first-order valence-electron chi connectivity index (χ1n) is 9.62. The third kappa shape index (κ3) is 3.38. The van der Waals surface area contributed by atoms with Gasteiger partial charge >= 0.3 is 0 Å². The third-order valence-corrected chi connectivity index (χ3v) is 5.81. The zero-order valence-corrected chi connectivity index (χ0v) is 15.5. The number of anilines is 2. The van der Waals surface area contributed by atoms with Gasteiger partial charge in [0.1, 0.15) is 0 Å². The molecule has 1 saturated heterocycles. The van der Waals surface area contributed by atoms with Gasteiger partial charge in [0, 0.05) is 44.1 Å². The molecule has 4 rings (SSSR count). The van der Waals surface area contributed by atoms with Gasteiger partial charge in [-0.15, -0.1) is 0 Å². The van der Waals surface area contributed by atoms with Gasteiger partial charge in [0.05, 0.1) is 6.17 Å². The number of nitrogens with zero attached hydrogens (tertiary/aromatic N) is 3. The lowest BCUT2D eigenvalue weighted by Crippen LogP contribution is -2.56. The van der Waals surface area contributed by atoms with E-state index in [1.54, 1.807) is 0 Å². The number of benzene rings is 2. The van der Waals surface area contributed by atoms with Crippen LogP contribution in [-0.2, 0) is 6.42 Å². The number of hydrogen-bond acceptors (Lipinski definition) is 3. The van der Waals surface area contributed by atoms with Crippen molar-refractivity contribution in [2.75, 3.05) is 42.5 Å². The van der Waals surface area contributed by atoms with Gasteiger partial charge in [-0.1, -0.05) is 30.3 Å². The minimum Gasteiger partial charge on any atom is -0.369 e. The molecule has 0 aliphatic carbocycles. The lowest BCUT2D eigenvalue weighted by Gasteiger charge is -2.45. The van der Waals surface area contributed by atoms with Gasteiger partial charge in [0.2, 0.25) is 0 Å². The Morgan fingerprint density at radius 1 is 0.880 bits per heavy atom. The molecule has 2 heterocycles. The average Bonchev–Trinajstić information content (AvgIpc) is 2.67. The maximum Gasteiger partial charge on any atom is 0.0793 e.